The maximum atomic E-state index is 12.4. The molecule has 152 valence electrons. The van der Waals surface area contributed by atoms with E-state index in [4.69, 9.17) is 4.74 Å². The number of hydrogen-bond acceptors (Lipinski definition) is 5. The van der Waals surface area contributed by atoms with Crippen LogP contribution in [-0.2, 0) is 9.59 Å². The van der Waals surface area contributed by atoms with Crippen LogP contribution in [0.5, 0.6) is 5.75 Å². The zero-order valence-electron chi connectivity index (χ0n) is 16.7. The summed E-state index contributed by atoms with van der Waals surface area (Å²) < 4.78 is 5.54. The van der Waals surface area contributed by atoms with Gasteiger partial charge in [-0.05, 0) is 37.5 Å². The Kier molecular flexibility index (Phi) is 6.18. The third-order valence-electron chi connectivity index (χ3n) is 5.37. The van der Waals surface area contributed by atoms with E-state index in [-0.39, 0.29) is 36.5 Å². The molecule has 1 atom stereocenters. The number of nitrogens with one attached hydrogen (secondary N) is 1. The van der Waals surface area contributed by atoms with Gasteiger partial charge in [-0.25, -0.2) is 4.79 Å². The summed E-state index contributed by atoms with van der Waals surface area (Å²) in [6, 6.07) is 7.09. The van der Waals surface area contributed by atoms with Gasteiger partial charge in [0.25, 0.3) is 5.91 Å². The molecule has 1 aromatic carbocycles. The molecule has 0 bridgehead atoms. The number of nitrogens with zero attached hydrogens (tertiary/aromatic N) is 3. The van der Waals surface area contributed by atoms with Crippen LogP contribution in [0.4, 0.5) is 4.79 Å². The molecular weight excluding hydrogens is 360 g/mol. The van der Waals surface area contributed by atoms with Gasteiger partial charge in [0.1, 0.15) is 11.8 Å². The van der Waals surface area contributed by atoms with Crippen LogP contribution in [-0.4, -0.2) is 85.0 Å². The predicted octanol–water partition coefficient (Wildman–Crippen LogP) is 0.847. The molecule has 2 heterocycles. The third-order valence-corrected chi connectivity index (χ3v) is 5.37. The second-order valence-corrected chi connectivity index (χ2v) is 7.56. The van der Waals surface area contributed by atoms with E-state index in [0.717, 1.165) is 18.4 Å². The molecule has 0 spiro atoms. The first-order chi connectivity index (χ1) is 13.3. The molecule has 28 heavy (non-hydrogen) atoms. The van der Waals surface area contributed by atoms with Gasteiger partial charge in [-0.1, -0.05) is 12.1 Å². The van der Waals surface area contributed by atoms with Gasteiger partial charge in [0.05, 0.1) is 0 Å². The molecule has 3 rings (SSSR count). The summed E-state index contributed by atoms with van der Waals surface area (Å²) in [6.45, 7) is 3.78. The maximum absolute atomic E-state index is 12.4. The summed E-state index contributed by atoms with van der Waals surface area (Å²) in [5.41, 5.74) is 1.08. The van der Waals surface area contributed by atoms with Gasteiger partial charge in [0.2, 0.25) is 5.91 Å². The van der Waals surface area contributed by atoms with Gasteiger partial charge in [-0.3, -0.25) is 19.4 Å². The van der Waals surface area contributed by atoms with Gasteiger partial charge in [-0.2, -0.15) is 0 Å². The quantitative estimate of drug-likeness (QED) is 0.809. The fourth-order valence-electron chi connectivity index (χ4n) is 3.74. The average molecular weight is 388 g/mol. The van der Waals surface area contributed by atoms with E-state index >= 15 is 0 Å². The van der Waals surface area contributed by atoms with E-state index in [0.29, 0.717) is 25.4 Å². The lowest BCUT2D eigenvalue weighted by atomic mass is 10.0. The number of aryl methyl sites for hydroxylation is 1. The molecule has 1 aromatic rings. The highest BCUT2D eigenvalue weighted by Gasteiger charge is 2.39. The normalized spacial score (nSPS) is 21.8. The Balaban J connectivity index is 1.44. The summed E-state index contributed by atoms with van der Waals surface area (Å²) in [5, 5.41) is 3.01. The van der Waals surface area contributed by atoms with Crippen LogP contribution in [0.25, 0.3) is 0 Å². The Morgan fingerprint density at radius 1 is 1.21 bits per heavy atom. The smallest absolute Gasteiger partial charge is 0.326 e. The zero-order chi connectivity index (χ0) is 20.3. The van der Waals surface area contributed by atoms with Crippen LogP contribution in [0.1, 0.15) is 18.4 Å². The number of amides is 4. The van der Waals surface area contributed by atoms with E-state index in [2.05, 4.69) is 10.2 Å². The Hall–Kier alpha value is -2.61. The van der Waals surface area contributed by atoms with Crippen molar-refractivity contribution in [3.8, 4) is 5.75 Å². The summed E-state index contributed by atoms with van der Waals surface area (Å²) in [5.74, 6) is 0.388. The molecule has 2 fully saturated rings. The Morgan fingerprint density at radius 2 is 1.93 bits per heavy atom. The number of benzene rings is 1. The van der Waals surface area contributed by atoms with Crippen molar-refractivity contribution in [3.05, 3.63) is 29.8 Å². The van der Waals surface area contributed by atoms with Crippen LogP contribution in [0.2, 0.25) is 0 Å². The molecule has 2 aliphatic heterocycles. The van der Waals surface area contributed by atoms with Crippen molar-refractivity contribution in [1.29, 1.82) is 0 Å². The van der Waals surface area contributed by atoms with Crippen LogP contribution >= 0.6 is 0 Å². The molecule has 8 heteroatoms. The molecule has 2 saturated heterocycles. The van der Waals surface area contributed by atoms with Crippen molar-refractivity contribution >= 4 is 17.8 Å². The third kappa shape index (κ3) is 4.62. The van der Waals surface area contributed by atoms with Gasteiger partial charge in [0, 0.05) is 39.8 Å². The number of carbonyl (C=O) groups is 3. The topological polar surface area (TPSA) is 82.2 Å². The fourth-order valence-corrected chi connectivity index (χ4v) is 3.74. The summed E-state index contributed by atoms with van der Waals surface area (Å²) in [4.78, 5) is 41.3. The number of likely N-dealkylation sites (N-methyl/N-ethyl adjacent to an activating group) is 2. The summed E-state index contributed by atoms with van der Waals surface area (Å²) in [7, 11) is 3.23. The largest absolute Gasteiger partial charge is 0.484 e. The highest BCUT2D eigenvalue weighted by atomic mass is 16.5. The van der Waals surface area contributed by atoms with Crippen LogP contribution in [0.15, 0.2) is 24.3 Å². The minimum atomic E-state index is -0.311. The van der Waals surface area contributed by atoms with E-state index in [9.17, 15) is 14.4 Å². The molecule has 0 aromatic heterocycles. The number of rotatable bonds is 5. The van der Waals surface area contributed by atoms with Gasteiger partial charge in [-0.15, -0.1) is 0 Å². The average Bonchev–Trinajstić information content (AvgIpc) is 2.68. The molecule has 0 saturated carbocycles. The van der Waals surface area contributed by atoms with E-state index < -0.39 is 0 Å². The molecule has 0 aliphatic carbocycles. The van der Waals surface area contributed by atoms with Crippen LogP contribution in [0.3, 0.4) is 0 Å². The number of imide groups is 1. The van der Waals surface area contributed by atoms with E-state index in [1.54, 1.807) is 11.9 Å². The second-order valence-electron chi connectivity index (χ2n) is 7.56. The first-order valence-corrected chi connectivity index (χ1v) is 9.60. The van der Waals surface area contributed by atoms with E-state index in [1.165, 1.54) is 11.9 Å². The molecule has 0 radical (unpaired) electrons. The number of likely N-dealkylation sites (tertiary alicyclic amines) is 1. The lowest BCUT2D eigenvalue weighted by Gasteiger charge is -2.42. The number of carbonyl (C=O) groups excluding carboxylic acids is 3. The number of hydrogen-bond donors (Lipinski definition) is 1. The molecule has 8 nitrogen and oxygen atoms in total. The molecule has 1 unspecified atom stereocenters. The number of urea groups is 1. The molecular formula is C20H28N4O4. The van der Waals surface area contributed by atoms with Crippen molar-refractivity contribution in [1.82, 2.24) is 20.0 Å². The SMILES string of the molecule is Cc1cccc(OCC(=O)NC2CCN(C3CN(C)C(=O)N(C)C3=O)CC2)c1. The van der Waals surface area contributed by atoms with Gasteiger partial charge in [0.15, 0.2) is 6.61 Å². The fraction of sp³-hybridized carbons (Fsp3) is 0.550. The number of piperidine rings is 1. The monoisotopic (exact) mass is 388 g/mol. The van der Waals surface area contributed by atoms with Crippen molar-refractivity contribution in [2.24, 2.45) is 0 Å². The summed E-state index contributed by atoms with van der Waals surface area (Å²) in [6.07, 6.45) is 1.53. The Labute approximate surface area is 165 Å². The second kappa shape index (κ2) is 8.60. The summed E-state index contributed by atoms with van der Waals surface area (Å²) >= 11 is 0. The standard InChI is InChI=1S/C20H28N4O4/c1-14-5-4-6-16(11-14)28-13-18(25)21-15-7-9-24(10-8-15)17-12-22(2)20(27)23(3)19(17)26/h4-6,11,15,17H,7-10,12-13H2,1-3H3,(H,21,25). The number of ether oxygens (including phenoxy) is 1. The first-order valence-electron chi connectivity index (χ1n) is 9.60. The van der Waals surface area contributed by atoms with Crippen LogP contribution < -0.4 is 10.1 Å². The van der Waals surface area contributed by atoms with Crippen LogP contribution in [0, 0.1) is 6.92 Å². The Bertz CT molecular complexity index is 745. The van der Waals surface area contributed by atoms with Gasteiger partial charge >= 0.3 is 6.03 Å². The van der Waals surface area contributed by atoms with Crippen molar-refractivity contribution < 1.29 is 19.1 Å². The molecule has 4 amide bonds. The van der Waals surface area contributed by atoms with Crippen molar-refractivity contribution in [2.75, 3.05) is 40.3 Å². The zero-order valence-corrected chi connectivity index (χ0v) is 16.7. The minimum absolute atomic E-state index is 0.0114. The lowest BCUT2D eigenvalue weighted by Crippen LogP contribution is -2.63. The highest BCUT2D eigenvalue weighted by Crippen LogP contribution is 2.19. The van der Waals surface area contributed by atoms with E-state index in [1.807, 2.05) is 31.2 Å². The predicted molar refractivity (Wildman–Crippen MR) is 104 cm³/mol. The maximum Gasteiger partial charge on any atom is 0.326 e. The molecule has 1 N–H and O–H groups in total. The minimum Gasteiger partial charge on any atom is -0.484 e. The highest BCUT2D eigenvalue weighted by molar-refractivity contribution is 5.99. The van der Waals surface area contributed by atoms with Gasteiger partial charge < -0.3 is 15.0 Å². The van der Waals surface area contributed by atoms with Crippen molar-refractivity contribution in [2.45, 2.75) is 31.8 Å². The Morgan fingerprint density at radius 3 is 2.61 bits per heavy atom. The van der Waals surface area contributed by atoms with Crippen molar-refractivity contribution in [3.63, 3.8) is 0 Å². The first kappa shape index (κ1) is 20.1. The molecule has 2 aliphatic rings. The lowest BCUT2D eigenvalue weighted by molar-refractivity contribution is -0.137.